The van der Waals surface area contributed by atoms with Gasteiger partial charge in [-0.2, -0.15) is 4.57 Å². The summed E-state index contributed by atoms with van der Waals surface area (Å²) in [7, 11) is 0. The summed E-state index contributed by atoms with van der Waals surface area (Å²) < 4.78 is 2.74. The van der Waals surface area contributed by atoms with Crippen molar-refractivity contribution in [2.45, 2.75) is 98.4 Å². The van der Waals surface area contributed by atoms with Gasteiger partial charge in [0.25, 0.3) is 0 Å². The molecule has 6 atom stereocenters. The van der Waals surface area contributed by atoms with Gasteiger partial charge in [-0.15, -0.1) is 0 Å². The minimum Gasteiger partial charge on any atom is -1.00 e. The van der Waals surface area contributed by atoms with E-state index in [1.807, 2.05) is 41.7 Å². The van der Waals surface area contributed by atoms with E-state index in [0.717, 1.165) is 23.3 Å². The highest BCUT2D eigenvalue weighted by Crippen LogP contribution is 2.46. The van der Waals surface area contributed by atoms with Crippen LogP contribution in [0.3, 0.4) is 0 Å². The average molecular weight is 516 g/mol. The molecule has 1 aromatic heterocycles. The van der Waals surface area contributed by atoms with E-state index < -0.39 is 0 Å². The minimum absolute atomic E-state index is 0. The fraction of sp³-hybridized carbons (Fsp3) is 0.677. The first kappa shape index (κ1) is 28.4. The van der Waals surface area contributed by atoms with Crippen LogP contribution >= 0.6 is 11.3 Å². The van der Waals surface area contributed by atoms with E-state index >= 15 is 0 Å². The van der Waals surface area contributed by atoms with E-state index in [4.69, 9.17) is 0 Å². The standard InChI is InChI=1S/C31H46NOS.ClH/c1-20(2)25-14-12-22(5)16-27(25)29-19-34-31(18-30(33)24-10-8-7-9-11-24)32(29)28-17-23(6)13-15-26(28)21(3)4;/h7-11,19-23,25-28H,12-18H2,1-6H3;1H/q+1;/p-1. The summed E-state index contributed by atoms with van der Waals surface area (Å²) in [5, 5.41) is 3.75. The lowest BCUT2D eigenvalue weighted by atomic mass is 9.68. The number of benzene rings is 1. The Morgan fingerprint density at radius 3 is 2.14 bits per heavy atom. The maximum atomic E-state index is 13.3. The summed E-state index contributed by atoms with van der Waals surface area (Å²) >= 11 is 1.86. The van der Waals surface area contributed by atoms with Crippen LogP contribution in [0.1, 0.15) is 113 Å². The van der Waals surface area contributed by atoms with Gasteiger partial charge in [0.2, 0.25) is 5.01 Å². The number of Topliss-reactive ketones (excluding diaryl/α,β-unsaturated/α-hetero) is 1. The molecule has 0 N–H and O–H groups in total. The van der Waals surface area contributed by atoms with Crippen LogP contribution in [-0.4, -0.2) is 5.78 Å². The molecule has 194 valence electrons. The van der Waals surface area contributed by atoms with Crippen LogP contribution in [0.25, 0.3) is 0 Å². The fourth-order valence-electron chi connectivity index (χ4n) is 7.01. The van der Waals surface area contributed by atoms with Gasteiger partial charge in [-0.25, -0.2) is 0 Å². The second-order valence-electron chi connectivity index (χ2n) is 12.2. The van der Waals surface area contributed by atoms with E-state index in [1.165, 1.54) is 43.5 Å². The molecule has 0 aliphatic heterocycles. The van der Waals surface area contributed by atoms with E-state index in [1.54, 1.807) is 5.69 Å². The normalized spacial score (nSPS) is 29.3. The predicted octanol–water partition coefficient (Wildman–Crippen LogP) is 5.27. The highest BCUT2D eigenvalue weighted by atomic mass is 35.5. The number of rotatable bonds is 7. The first-order chi connectivity index (χ1) is 16.3. The molecule has 0 amide bonds. The van der Waals surface area contributed by atoms with Crippen molar-refractivity contribution in [3.05, 3.63) is 52.0 Å². The summed E-state index contributed by atoms with van der Waals surface area (Å²) in [4.78, 5) is 13.3. The largest absolute Gasteiger partial charge is 1.00 e. The Kier molecular flexibility index (Phi) is 10.0. The Morgan fingerprint density at radius 2 is 1.51 bits per heavy atom. The first-order valence-electron chi connectivity index (χ1n) is 13.9. The van der Waals surface area contributed by atoms with Gasteiger partial charge in [0.1, 0.15) is 6.42 Å². The topological polar surface area (TPSA) is 20.9 Å². The summed E-state index contributed by atoms with van der Waals surface area (Å²) in [5.41, 5.74) is 2.39. The monoisotopic (exact) mass is 515 g/mol. The maximum absolute atomic E-state index is 13.3. The Bertz CT molecular complexity index is 952. The van der Waals surface area contributed by atoms with Gasteiger partial charge < -0.3 is 12.4 Å². The summed E-state index contributed by atoms with van der Waals surface area (Å²) in [6.07, 6.45) is 8.42. The summed E-state index contributed by atoms with van der Waals surface area (Å²) in [6, 6.07) is 10.4. The third-order valence-corrected chi connectivity index (χ3v) is 9.96. The molecule has 0 spiro atoms. The van der Waals surface area contributed by atoms with Crippen molar-refractivity contribution in [3.63, 3.8) is 0 Å². The molecular formula is C31H46ClNOS. The van der Waals surface area contributed by atoms with Crippen molar-refractivity contribution >= 4 is 17.1 Å². The molecule has 2 aromatic rings. The molecule has 2 saturated carbocycles. The molecule has 2 nitrogen and oxygen atoms in total. The minimum atomic E-state index is 0. The Balaban J connectivity index is 0.00000342. The van der Waals surface area contributed by atoms with Crippen LogP contribution in [0, 0.1) is 35.5 Å². The van der Waals surface area contributed by atoms with Crippen molar-refractivity contribution in [2.75, 3.05) is 0 Å². The second-order valence-corrected chi connectivity index (χ2v) is 13.2. The van der Waals surface area contributed by atoms with Gasteiger partial charge in [-0.05, 0) is 55.3 Å². The quantitative estimate of drug-likeness (QED) is 0.363. The van der Waals surface area contributed by atoms with Gasteiger partial charge >= 0.3 is 0 Å². The molecule has 4 rings (SSSR count). The third kappa shape index (κ3) is 6.39. The van der Waals surface area contributed by atoms with E-state index in [-0.39, 0.29) is 18.2 Å². The van der Waals surface area contributed by atoms with Crippen molar-refractivity contribution in [1.29, 1.82) is 0 Å². The number of aromatic nitrogens is 1. The van der Waals surface area contributed by atoms with Crippen molar-refractivity contribution < 1.29 is 21.8 Å². The molecule has 6 unspecified atom stereocenters. The number of halogens is 1. The number of carbonyl (C=O) groups is 1. The van der Waals surface area contributed by atoms with E-state index in [2.05, 4.69) is 51.5 Å². The van der Waals surface area contributed by atoms with E-state index in [9.17, 15) is 4.79 Å². The second kappa shape index (κ2) is 12.4. The molecular weight excluding hydrogens is 470 g/mol. The number of nitrogens with zero attached hydrogens (tertiary/aromatic N) is 1. The zero-order chi connectivity index (χ0) is 24.4. The van der Waals surface area contributed by atoms with Crippen molar-refractivity contribution in [1.82, 2.24) is 0 Å². The molecule has 2 aliphatic rings. The van der Waals surface area contributed by atoms with Crippen molar-refractivity contribution in [2.24, 2.45) is 35.5 Å². The summed E-state index contributed by atoms with van der Waals surface area (Å²) in [5.74, 6) is 5.22. The van der Waals surface area contributed by atoms with Gasteiger partial charge in [-0.1, -0.05) is 89.6 Å². The molecule has 4 heteroatoms. The van der Waals surface area contributed by atoms with Crippen molar-refractivity contribution in [3.8, 4) is 0 Å². The molecule has 1 aromatic carbocycles. The first-order valence-corrected chi connectivity index (χ1v) is 14.7. The van der Waals surface area contributed by atoms with Crippen LogP contribution in [0.4, 0.5) is 0 Å². The van der Waals surface area contributed by atoms with Crippen LogP contribution in [0.15, 0.2) is 35.7 Å². The fourth-order valence-corrected chi connectivity index (χ4v) is 8.12. The lowest BCUT2D eigenvalue weighted by molar-refractivity contribution is -0.743. The molecule has 35 heavy (non-hydrogen) atoms. The Morgan fingerprint density at radius 1 is 0.914 bits per heavy atom. The summed E-state index contributed by atoms with van der Waals surface area (Å²) in [6.45, 7) is 14.5. The third-order valence-electron chi connectivity index (χ3n) is 8.99. The van der Waals surface area contributed by atoms with Crippen LogP contribution in [0.5, 0.6) is 0 Å². The number of carbonyl (C=O) groups excluding carboxylic acids is 1. The lowest BCUT2D eigenvalue weighted by Crippen LogP contribution is -3.00. The molecule has 0 radical (unpaired) electrons. The molecule has 0 saturated heterocycles. The SMILES string of the molecule is CC1CCC(C(C)C)C(c2csc(CC(=O)c3ccccc3)[n+]2C2CC(C)CCC2C(C)C)C1.[Cl-]. The number of ketones is 1. The highest BCUT2D eigenvalue weighted by Gasteiger charge is 2.45. The number of hydrogen-bond acceptors (Lipinski definition) is 2. The maximum Gasteiger partial charge on any atom is 0.245 e. The Hall–Kier alpha value is -1.19. The van der Waals surface area contributed by atoms with Gasteiger partial charge in [0.05, 0.1) is 5.38 Å². The molecule has 2 fully saturated rings. The van der Waals surface area contributed by atoms with Crippen LogP contribution in [-0.2, 0) is 6.42 Å². The van der Waals surface area contributed by atoms with Gasteiger partial charge in [0.15, 0.2) is 17.5 Å². The highest BCUT2D eigenvalue weighted by molar-refractivity contribution is 7.09. The lowest BCUT2D eigenvalue weighted by Gasteiger charge is -2.38. The zero-order valence-electron chi connectivity index (χ0n) is 22.7. The average Bonchev–Trinajstić information content (AvgIpc) is 3.22. The van der Waals surface area contributed by atoms with Gasteiger partial charge in [-0.3, -0.25) is 4.79 Å². The molecule has 1 heterocycles. The Labute approximate surface area is 224 Å². The molecule has 2 aliphatic carbocycles. The van der Waals surface area contributed by atoms with Crippen LogP contribution < -0.4 is 17.0 Å². The number of hydrogen-bond donors (Lipinski definition) is 0. The van der Waals surface area contributed by atoms with E-state index in [0.29, 0.717) is 36.1 Å². The number of thiazole rings is 1. The zero-order valence-corrected chi connectivity index (χ0v) is 24.2. The van der Waals surface area contributed by atoms with Crippen LogP contribution in [0.2, 0.25) is 0 Å². The smallest absolute Gasteiger partial charge is 0.245 e. The molecule has 0 bridgehead atoms. The predicted molar refractivity (Wildman–Crippen MR) is 143 cm³/mol. The van der Waals surface area contributed by atoms with Gasteiger partial charge in [0, 0.05) is 23.8 Å².